The number of hydrogen-bond acceptors (Lipinski definition) is 3. The highest BCUT2D eigenvalue weighted by atomic mass is 32.2. The van der Waals surface area contributed by atoms with Crippen molar-refractivity contribution >= 4 is 27.6 Å². The van der Waals surface area contributed by atoms with Crippen molar-refractivity contribution in [2.45, 2.75) is 24.3 Å². The van der Waals surface area contributed by atoms with E-state index in [1.54, 1.807) is 36.4 Å². The van der Waals surface area contributed by atoms with Crippen LogP contribution in [-0.2, 0) is 10.8 Å². The predicted octanol–water partition coefficient (Wildman–Crippen LogP) is 5.66. The highest BCUT2D eigenvalue weighted by Crippen LogP contribution is 2.34. The Kier molecular flexibility index (Phi) is 6.42. The molecule has 0 aliphatic carbocycles. The summed E-state index contributed by atoms with van der Waals surface area (Å²) >= 11 is 0. The van der Waals surface area contributed by atoms with Gasteiger partial charge in [0.1, 0.15) is 5.82 Å². The molecule has 0 radical (unpaired) electrons. The van der Waals surface area contributed by atoms with Crippen molar-refractivity contribution < 1.29 is 13.4 Å². The third-order valence-electron chi connectivity index (χ3n) is 5.41. The molecule has 2 atom stereocenters. The molecule has 6 heteroatoms. The summed E-state index contributed by atoms with van der Waals surface area (Å²) in [6.45, 7) is 1.99. The lowest BCUT2D eigenvalue weighted by Crippen LogP contribution is -2.29. The molecule has 0 aliphatic rings. The minimum Gasteiger partial charge on any atom is -0.345 e. The summed E-state index contributed by atoms with van der Waals surface area (Å²) in [6.07, 6.45) is 2.17. The first kappa shape index (κ1) is 21.8. The van der Waals surface area contributed by atoms with Crippen molar-refractivity contribution in [1.29, 1.82) is 0 Å². The molecule has 1 N–H and O–H groups in total. The average Bonchev–Trinajstić information content (AvgIpc) is 2.82. The molecule has 0 aliphatic heterocycles. The minimum atomic E-state index is -1.59. The van der Waals surface area contributed by atoms with Crippen LogP contribution >= 0.6 is 0 Å². The van der Waals surface area contributed by atoms with Crippen LogP contribution in [0.25, 0.3) is 22.2 Å². The molecule has 0 saturated heterocycles. The van der Waals surface area contributed by atoms with Crippen LogP contribution in [0.15, 0.2) is 83.8 Å². The summed E-state index contributed by atoms with van der Waals surface area (Å²) < 4.78 is 27.6. The number of fused-ring (bicyclic) bond motifs is 1. The first-order chi connectivity index (χ1) is 15.5. The summed E-state index contributed by atoms with van der Waals surface area (Å²) in [5.74, 6) is -0.842. The number of rotatable bonds is 6. The lowest BCUT2D eigenvalue weighted by molar-refractivity contribution is 0.0934. The highest BCUT2D eigenvalue weighted by Gasteiger charge is 2.26. The van der Waals surface area contributed by atoms with Crippen molar-refractivity contribution in [2.75, 3.05) is 6.26 Å². The molecule has 162 valence electrons. The third kappa shape index (κ3) is 4.18. The van der Waals surface area contributed by atoms with E-state index < -0.39 is 16.6 Å². The van der Waals surface area contributed by atoms with Crippen LogP contribution < -0.4 is 5.32 Å². The van der Waals surface area contributed by atoms with Crippen LogP contribution in [0.3, 0.4) is 0 Å². The van der Waals surface area contributed by atoms with Gasteiger partial charge in [0, 0.05) is 17.2 Å². The van der Waals surface area contributed by atoms with Crippen LogP contribution in [0.1, 0.15) is 35.3 Å². The molecule has 0 fully saturated rings. The molecular formula is C26H23FN2O2S. The Labute approximate surface area is 189 Å². The molecule has 1 heterocycles. The predicted molar refractivity (Wildman–Crippen MR) is 126 cm³/mol. The van der Waals surface area contributed by atoms with Gasteiger partial charge in [-0.25, -0.2) is 9.37 Å². The topological polar surface area (TPSA) is 59.1 Å². The lowest BCUT2D eigenvalue weighted by atomic mass is 10.0. The molecule has 0 saturated carbocycles. The van der Waals surface area contributed by atoms with Crippen LogP contribution in [-0.4, -0.2) is 21.4 Å². The fourth-order valence-corrected chi connectivity index (χ4v) is 4.79. The van der Waals surface area contributed by atoms with Crippen LogP contribution in [0.2, 0.25) is 0 Å². The lowest BCUT2D eigenvalue weighted by Gasteiger charge is -2.20. The standard InChI is InChI=1S/C26H23FN2O2S/c1-3-21(17-11-5-4-6-12-17)29-26(30)23-19-14-8-10-16-22(19)28-24(25(23)32(2)31)18-13-7-9-15-20(18)27/h4-16,21H,3H2,1-2H3,(H,29,30)/t21-,32?/m0/s1. The fourth-order valence-electron chi connectivity index (χ4n) is 3.87. The number of carbonyl (C=O) groups is 1. The second kappa shape index (κ2) is 9.40. The summed E-state index contributed by atoms with van der Waals surface area (Å²) in [5, 5.41) is 3.67. The zero-order valence-electron chi connectivity index (χ0n) is 17.8. The normalized spacial score (nSPS) is 13.0. The Morgan fingerprint density at radius 3 is 2.34 bits per heavy atom. The van der Waals surface area contributed by atoms with Crippen LogP contribution in [0, 0.1) is 5.82 Å². The maximum Gasteiger partial charge on any atom is 0.253 e. The van der Waals surface area contributed by atoms with E-state index >= 15 is 0 Å². The van der Waals surface area contributed by atoms with Gasteiger partial charge in [0.25, 0.3) is 5.91 Å². The monoisotopic (exact) mass is 446 g/mol. The zero-order chi connectivity index (χ0) is 22.7. The largest absolute Gasteiger partial charge is 0.345 e. The number of halogens is 1. The number of nitrogens with one attached hydrogen (secondary N) is 1. The van der Waals surface area contributed by atoms with Gasteiger partial charge < -0.3 is 5.32 Å². The summed E-state index contributed by atoms with van der Waals surface area (Å²) in [7, 11) is -1.59. The van der Waals surface area contributed by atoms with Gasteiger partial charge in [-0.05, 0) is 30.2 Å². The molecule has 0 spiro atoms. The van der Waals surface area contributed by atoms with Gasteiger partial charge in [0.15, 0.2) is 0 Å². The summed E-state index contributed by atoms with van der Waals surface area (Å²) in [5.41, 5.74) is 2.23. The Balaban J connectivity index is 1.93. The number of hydrogen-bond donors (Lipinski definition) is 1. The van der Waals surface area contributed by atoms with E-state index in [1.807, 2.05) is 43.3 Å². The van der Waals surface area contributed by atoms with Gasteiger partial charge in [0.2, 0.25) is 0 Å². The molecule has 4 nitrogen and oxygen atoms in total. The Morgan fingerprint density at radius 1 is 1.00 bits per heavy atom. The summed E-state index contributed by atoms with van der Waals surface area (Å²) in [6, 6.07) is 22.8. The third-order valence-corrected chi connectivity index (χ3v) is 6.38. The molecule has 3 aromatic carbocycles. The molecule has 0 bridgehead atoms. The fraction of sp³-hybridized carbons (Fsp3) is 0.154. The maximum absolute atomic E-state index is 14.7. The number of aromatic nitrogens is 1. The van der Waals surface area contributed by atoms with Crippen molar-refractivity contribution in [3.63, 3.8) is 0 Å². The quantitative estimate of drug-likeness (QED) is 0.416. The maximum atomic E-state index is 14.7. The minimum absolute atomic E-state index is 0.215. The van der Waals surface area contributed by atoms with Gasteiger partial charge in [-0.3, -0.25) is 9.00 Å². The molecule has 1 amide bonds. The Morgan fingerprint density at radius 2 is 1.66 bits per heavy atom. The van der Waals surface area contributed by atoms with Gasteiger partial charge >= 0.3 is 0 Å². The first-order valence-electron chi connectivity index (χ1n) is 10.4. The van der Waals surface area contributed by atoms with Gasteiger partial charge in [0.05, 0.1) is 38.5 Å². The second-order valence-corrected chi connectivity index (χ2v) is 8.78. The zero-order valence-corrected chi connectivity index (χ0v) is 18.7. The smallest absolute Gasteiger partial charge is 0.253 e. The number of pyridine rings is 1. The van der Waals surface area contributed by atoms with E-state index in [-0.39, 0.29) is 33.7 Å². The van der Waals surface area contributed by atoms with Gasteiger partial charge in [-0.2, -0.15) is 0 Å². The van der Waals surface area contributed by atoms with Gasteiger partial charge in [-0.15, -0.1) is 0 Å². The number of nitrogens with zero attached hydrogens (tertiary/aromatic N) is 1. The number of amides is 1. The SMILES string of the molecule is CC[C@H](NC(=O)c1c(S(C)=O)c(-c2ccccc2F)nc2ccccc12)c1ccccc1. The Hall–Kier alpha value is -3.38. The molecule has 1 aromatic heterocycles. The van der Waals surface area contributed by atoms with Crippen molar-refractivity contribution in [1.82, 2.24) is 10.3 Å². The van der Waals surface area contributed by atoms with Crippen molar-refractivity contribution in [3.05, 3.63) is 95.8 Å². The number of carbonyl (C=O) groups excluding carboxylic acids is 1. The van der Waals surface area contributed by atoms with E-state index in [0.717, 1.165) is 5.56 Å². The number of benzene rings is 3. The molecule has 1 unspecified atom stereocenters. The molecule has 4 aromatic rings. The van der Waals surface area contributed by atoms with E-state index in [4.69, 9.17) is 0 Å². The van der Waals surface area contributed by atoms with E-state index in [0.29, 0.717) is 17.3 Å². The summed E-state index contributed by atoms with van der Waals surface area (Å²) in [4.78, 5) is 18.5. The second-order valence-electron chi connectivity index (χ2n) is 7.46. The molecular weight excluding hydrogens is 423 g/mol. The Bertz CT molecular complexity index is 1310. The van der Waals surface area contributed by atoms with E-state index in [1.165, 1.54) is 12.3 Å². The van der Waals surface area contributed by atoms with Crippen molar-refractivity contribution in [3.8, 4) is 11.3 Å². The average molecular weight is 447 g/mol. The molecule has 32 heavy (non-hydrogen) atoms. The van der Waals surface area contributed by atoms with Crippen LogP contribution in [0.4, 0.5) is 4.39 Å². The van der Waals surface area contributed by atoms with E-state index in [2.05, 4.69) is 10.3 Å². The van der Waals surface area contributed by atoms with E-state index in [9.17, 15) is 13.4 Å². The van der Waals surface area contributed by atoms with Crippen molar-refractivity contribution in [2.24, 2.45) is 0 Å². The highest BCUT2D eigenvalue weighted by molar-refractivity contribution is 7.84. The van der Waals surface area contributed by atoms with Gasteiger partial charge in [-0.1, -0.05) is 67.6 Å². The first-order valence-corrected chi connectivity index (χ1v) is 11.9. The molecule has 4 rings (SSSR count). The van der Waals surface area contributed by atoms with Crippen LogP contribution in [0.5, 0.6) is 0 Å². The number of para-hydroxylation sites is 1.